The Labute approximate surface area is 121 Å². The molecule has 0 bridgehead atoms. The number of aldehydes is 1. The molecule has 1 aromatic rings. The second-order valence-electron chi connectivity index (χ2n) is 5.06. The highest BCUT2D eigenvalue weighted by Crippen LogP contribution is 2.43. The zero-order valence-corrected chi connectivity index (χ0v) is 11.6. The SMILES string of the molecule is COC(=O)NC(c1cccc(F)c1)C1(C=O)CCCC1=O. The van der Waals surface area contributed by atoms with Crippen molar-refractivity contribution in [3.8, 4) is 0 Å². The molecule has 0 spiro atoms. The van der Waals surface area contributed by atoms with Gasteiger partial charge in [0.25, 0.3) is 0 Å². The van der Waals surface area contributed by atoms with Crippen LogP contribution in [0.25, 0.3) is 0 Å². The Morgan fingerprint density at radius 2 is 2.29 bits per heavy atom. The maximum atomic E-state index is 13.4. The molecular weight excluding hydrogens is 277 g/mol. The minimum atomic E-state index is -1.36. The first-order chi connectivity index (χ1) is 10.0. The van der Waals surface area contributed by atoms with Gasteiger partial charge in [-0.05, 0) is 30.5 Å². The third-order valence-electron chi connectivity index (χ3n) is 3.87. The van der Waals surface area contributed by atoms with Gasteiger partial charge in [0.15, 0.2) is 0 Å². The molecule has 0 aromatic heterocycles. The molecule has 1 amide bonds. The summed E-state index contributed by atoms with van der Waals surface area (Å²) >= 11 is 0. The fourth-order valence-electron chi connectivity index (χ4n) is 2.78. The first-order valence-electron chi connectivity index (χ1n) is 6.63. The van der Waals surface area contributed by atoms with Crippen molar-refractivity contribution in [2.24, 2.45) is 5.41 Å². The Hall–Kier alpha value is -2.24. The van der Waals surface area contributed by atoms with Crippen LogP contribution in [0.4, 0.5) is 9.18 Å². The Morgan fingerprint density at radius 1 is 1.52 bits per heavy atom. The van der Waals surface area contributed by atoms with Gasteiger partial charge in [-0.15, -0.1) is 0 Å². The molecule has 0 aliphatic heterocycles. The van der Waals surface area contributed by atoms with E-state index in [9.17, 15) is 18.8 Å². The molecule has 1 aromatic carbocycles. The first-order valence-corrected chi connectivity index (χ1v) is 6.63. The quantitative estimate of drug-likeness (QED) is 0.682. The molecule has 1 N–H and O–H groups in total. The topological polar surface area (TPSA) is 72.5 Å². The Morgan fingerprint density at radius 3 is 2.81 bits per heavy atom. The highest BCUT2D eigenvalue weighted by Gasteiger charge is 2.49. The monoisotopic (exact) mass is 293 g/mol. The van der Waals surface area contributed by atoms with Crippen molar-refractivity contribution in [1.29, 1.82) is 0 Å². The molecule has 1 aliphatic carbocycles. The number of Topliss-reactive ketones (excluding diaryl/α,β-unsaturated/α-hetero) is 1. The summed E-state index contributed by atoms with van der Waals surface area (Å²) in [5.74, 6) is -0.751. The van der Waals surface area contributed by atoms with E-state index in [2.05, 4.69) is 10.1 Å². The highest BCUT2D eigenvalue weighted by atomic mass is 19.1. The molecular formula is C15H16FNO4. The number of methoxy groups -OCH3 is 1. The van der Waals surface area contributed by atoms with Crippen LogP contribution in [0.1, 0.15) is 30.9 Å². The average Bonchev–Trinajstić information content (AvgIpc) is 2.86. The summed E-state index contributed by atoms with van der Waals surface area (Å²) in [6.07, 6.45) is 0.943. The lowest BCUT2D eigenvalue weighted by molar-refractivity contribution is -0.133. The lowest BCUT2D eigenvalue weighted by Crippen LogP contribution is -2.44. The van der Waals surface area contributed by atoms with Gasteiger partial charge in [0, 0.05) is 6.42 Å². The van der Waals surface area contributed by atoms with Crippen LogP contribution < -0.4 is 5.32 Å². The second-order valence-corrected chi connectivity index (χ2v) is 5.06. The lowest BCUT2D eigenvalue weighted by atomic mass is 9.76. The van der Waals surface area contributed by atoms with Gasteiger partial charge in [0.2, 0.25) is 0 Å². The molecule has 2 unspecified atom stereocenters. The van der Waals surface area contributed by atoms with Crippen molar-refractivity contribution < 1.29 is 23.5 Å². The predicted octanol–water partition coefficient (Wildman–Crippen LogP) is 2.16. The number of nitrogens with one attached hydrogen (secondary N) is 1. The van der Waals surface area contributed by atoms with E-state index in [4.69, 9.17) is 0 Å². The van der Waals surface area contributed by atoms with Gasteiger partial charge in [0.05, 0.1) is 13.2 Å². The molecule has 1 saturated carbocycles. The number of hydrogen-bond donors (Lipinski definition) is 1. The molecule has 0 radical (unpaired) electrons. The number of rotatable bonds is 4. The van der Waals surface area contributed by atoms with Crippen LogP contribution in [0.15, 0.2) is 24.3 Å². The van der Waals surface area contributed by atoms with Crippen LogP contribution in [0, 0.1) is 11.2 Å². The number of ketones is 1. The highest BCUT2D eigenvalue weighted by molar-refractivity contribution is 6.01. The van der Waals surface area contributed by atoms with Crippen LogP contribution >= 0.6 is 0 Å². The van der Waals surface area contributed by atoms with Crippen LogP contribution in [-0.2, 0) is 14.3 Å². The number of ether oxygens (including phenoxy) is 1. The van der Waals surface area contributed by atoms with Gasteiger partial charge >= 0.3 is 6.09 Å². The van der Waals surface area contributed by atoms with Crippen LogP contribution in [0.3, 0.4) is 0 Å². The predicted molar refractivity (Wildman–Crippen MR) is 72.0 cm³/mol. The smallest absolute Gasteiger partial charge is 0.407 e. The molecule has 1 aliphatic rings. The molecule has 5 nitrogen and oxygen atoms in total. The van der Waals surface area contributed by atoms with Gasteiger partial charge in [-0.2, -0.15) is 0 Å². The van der Waals surface area contributed by atoms with E-state index < -0.39 is 23.4 Å². The van der Waals surface area contributed by atoms with Crippen molar-refractivity contribution in [1.82, 2.24) is 5.32 Å². The van der Waals surface area contributed by atoms with Crippen molar-refractivity contribution in [2.75, 3.05) is 7.11 Å². The fourth-order valence-corrected chi connectivity index (χ4v) is 2.78. The van der Waals surface area contributed by atoms with Crippen molar-refractivity contribution in [3.63, 3.8) is 0 Å². The number of amides is 1. The van der Waals surface area contributed by atoms with Gasteiger partial charge in [-0.3, -0.25) is 4.79 Å². The van der Waals surface area contributed by atoms with E-state index in [-0.39, 0.29) is 12.2 Å². The third kappa shape index (κ3) is 2.79. The van der Waals surface area contributed by atoms with Gasteiger partial charge in [-0.25, -0.2) is 9.18 Å². The summed E-state index contributed by atoms with van der Waals surface area (Å²) in [6, 6.07) is 4.56. The van der Waals surface area contributed by atoms with Crippen molar-refractivity contribution in [2.45, 2.75) is 25.3 Å². The molecule has 1 fully saturated rings. The minimum Gasteiger partial charge on any atom is -0.453 e. The Balaban J connectivity index is 2.47. The summed E-state index contributed by atoms with van der Waals surface area (Å²) in [7, 11) is 1.18. The Kier molecular flexibility index (Phi) is 4.35. The molecule has 2 atom stereocenters. The molecule has 0 heterocycles. The fraction of sp³-hybridized carbons (Fsp3) is 0.400. The molecule has 6 heteroatoms. The van der Waals surface area contributed by atoms with Gasteiger partial charge < -0.3 is 14.8 Å². The van der Waals surface area contributed by atoms with E-state index in [0.29, 0.717) is 24.7 Å². The molecule has 0 saturated heterocycles. The Bertz CT molecular complexity index is 575. The number of alkyl carbamates (subject to hydrolysis) is 1. The number of halogens is 1. The maximum absolute atomic E-state index is 13.4. The summed E-state index contributed by atoms with van der Waals surface area (Å²) in [5, 5.41) is 2.49. The molecule has 21 heavy (non-hydrogen) atoms. The van der Waals surface area contributed by atoms with E-state index in [1.54, 1.807) is 6.07 Å². The minimum absolute atomic E-state index is 0.247. The van der Waals surface area contributed by atoms with Crippen molar-refractivity contribution >= 4 is 18.2 Å². The largest absolute Gasteiger partial charge is 0.453 e. The van der Waals surface area contributed by atoms with Crippen LogP contribution in [-0.4, -0.2) is 25.3 Å². The van der Waals surface area contributed by atoms with Gasteiger partial charge in [-0.1, -0.05) is 12.1 Å². The summed E-state index contributed by atoms with van der Waals surface area (Å²) in [6.45, 7) is 0. The van der Waals surface area contributed by atoms with Crippen LogP contribution in [0.5, 0.6) is 0 Å². The normalized spacial score (nSPS) is 22.7. The number of carbonyl (C=O) groups is 3. The summed E-state index contributed by atoms with van der Waals surface area (Å²) in [5.41, 5.74) is -0.995. The summed E-state index contributed by atoms with van der Waals surface area (Å²) in [4.78, 5) is 35.3. The van der Waals surface area contributed by atoms with Crippen LogP contribution in [0.2, 0.25) is 0 Å². The number of hydrogen-bond acceptors (Lipinski definition) is 4. The summed E-state index contributed by atoms with van der Waals surface area (Å²) < 4.78 is 18.0. The van der Waals surface area contributed by atoms with E-state index in [1.807, 2.05) is 0 Å². The van der Waals surface area contributed by atoms with E-state index in [0.717, 1.165) is 0 Å². The van der Waals surface area contributed by atoms with E-state index in [1.165, 1.54) is 25.3 Å². The standard InChI is InChI=1S/C15H16FNO4/c1-21-14(20)17-13(10-4-2-5-11(16)8-10)15(9-18)7-3-6-12(15)19/h2,4-5,8-9,13H,3,6-7H2,1H3,(H,17,20). The lowest BCUT2D eigenvalue weighted by Gasteiger charge is -2.31. The number of benzene rings is 1. The maximum Gasteiger partial charge on any atom is 0.407 e. The second kappa shape index (κ2) is 6.03. The average molecular weight is 293 g/mol. The van der Waals surface area contributed by atoms with Gasteiger partial charge in [0.1, 0.15) is 23.3 Å². The molecule has 112 valence electrons. The van der Waals surface area contributed by atoms with E-state index >= 15 is 0 Å². The first kappa shape index (κ1) is 15.2. The van der Waals surface area contributed by atoms with Crippen molar-refractivity contribution in [3.05, 3.63) is 35.6 Å². The zero-order valence-electron chi connectivity index (χ0n) is 11.6. The molecule has 2 rings (SSSR count). The zero-order chi connectivity index (χ0) is 15.5. The number of carbonyl (C=O) groups excluding carboxylic acids is 3. The third-order valence-corrected chi connectivity index (χ3v) is 3.87.